The molecular weight excluding hydrogens is 378 g/mol. The summed E-state index contributed by atoms with van der Waals surface area (Å²) in [6, 6.07) is 4.50. The molecule has 1 aliphatic heterocycles. The Morgan fingerprint density at radius 2 is 2.19 bits per heavy atom. The third-order valence-corrected chi connectivity index (χ3v) is 6.03. The Kier molecular flexibility index (Phi) is 5.33. The lowest BCUT2D eigenvalue weighted by Crippen LogP contribution is -2.28. The SMILES string of the molecule is CCCC1CCN(C(=O)c2ccc(Br)c(S(=O)(=O)Cl)c2)C1. The fourth-order valence-electron chi connectivity index (χ4n) is 2.67. The molecule has 1 heterocycles. The highest BCUT2D eigenvalue weighted by molar-refractivity contribution is 9.10. The Bertz CT molecular complexity index is 648. The van der Waals surface area contributed by atoms with Crippen LogP contribution in [0, 0.1) is 5.92 Å². The summed E-state index contributed by atoms with van der Waals surface area (Å²) in [7, 11) is 1.50. The Morgan fingerprint density at radius 3 is 2.81 bits per heavy atom. The summed E-state index contributed by atoms with van der Waals surface area (Å²) in [5, 5.41) is 0. The van der Waals surface area contributed by atoms with Crippen LogP contribution in [0.15, 0.2) is 27.6 Å². The van der Waals surface area contributed by atoms with E-state index >= 15 is 0 Å². The minimum Gasteiger partial charge on any atom is -0.338 e. The first kappa shape index (κ1) is 16.8. The van der Waals surface area contributed by atoms with Gasteiger partial charge in [0.1, 0.15) is 0 Å². The molecule has 116 valence electrons. The number of halogens is 2. The van der Waals surface area contributed by atoms with E-state index in [1.165, 1.54) is 6.07 Å². The van der Waals surface area contributed by atoms with Gasteiger partial charge in [-0.2, -0.15) is 0 Å². The quantitative estimate of drug-likeness (QED) is 0.733. The van der Waals surface area contributed by atoms with E-state index in [-0.39, 0.29) is 10.8 Å². The summed E-state index contributed by atoms with van der Waals surface area (Å²) in [6.45, 7) is 3.60. The van der Waals surface area contributed by atoms with E-state index in [4.69, 9.17) is 10.7 Å². The van der Waals surface area contributed by atoms with Crippen LogP contribution in [-0.4, -0.2) is 32.3 Å². The molecular formula is C14H17BrClNO3S. The lowest BCUT2D eigenvalue weighted by molar-refractivity contribution is 0.0786. The van der Waals surface area contributed by atoms with E-state index in [9.17, 15) is 13.2 Å². The fraction of sp³-hybridized carbons (Fsp3) is 0.500. The molecule has 1 aliphatic rings. The Balaban J connectivity index is 2.21. The molecule has 0 radical (unpaired) electrons. The van der Waals surface area contributed by atoms with Gasteiger partial charge >= 0.3 is 0 Å². The van der Waals surface area contributed by atoms with Gasteiger partial charge in [-0.1, -0.05) is 13.3 Å². The number of likely N-dealkylation sites (tertiary alicyclic amines) is 1. The van der Waals surface area contributed by atoms with Gasteiger partial charge in [0, 0.05) is 33.8 Å². The first-order valence-electron chi connectivity index (χ1n) is 6.86. The molecule has 4 nitrogen and oxygen atoms in total. The van der Waals surface area contributed by atoms with Gasteiger partial charge in [0.25, 0.3) is 15.0 Å². The van der Waals surface area contributed by atoms with Crippen LogP contribution in [0.3, 0.4) is 0 Å². The summed E-state index contributed by atoms with van der Waals surface area (Å²) in [5.41, 5.74) is 0.356. The molecule has 1 saturated heterocycles. The molecule has 0 bridgehead atoms. The van der Waals surface area contributed by atoms with Crippen LogP contribution in [0.25, 0.3) is 0 Å². The van der Waals surface area contributed by atoms with Crippen molar-refractivity contribution in [3.8, 4) is 0 Å². The maximum atomic E-state index is 12.5. The van der Waals surface area contributed by atoms with Crippen LogP contribution < -0.4 is 0 Å². The highest BCUT2D eigenvalue weighted by Gasteiger charge is 2.27. The molecule has 1 aromatic rings. The van der Waals surface area contributed by atoms with Crippen molar-refractivity contribution in [1.82, 2.24) is 4.90 Å². The molecule has 1 fully saturated rings. The van der Waals surface area contributed by atoms with Crippen LogP contribution >= 0.6 is 26.6 Å². The van der Waals surface area contributed by atoms with Gasteiger partial charge in [0.2, 0.25) is 0 Å². The summed E-state index contributed by atoms with van der Waals surface area (Å²) in [4.78, 5) is 14.2. The molecule has 0 spiro atoms. The van der Waals surface area contributed by atoms with E-state index in [0.29, 0.717) is 16.0 Å². The average Bonchev–Trinajstić information content (AvgIpc) is 2.86. The zero-order valence-electron chi connectivity index (χ0n) is 11.7. The predicted octanol–water partition coefficient (Wildman–Crippen LogP) is 3.64. The van der Waals surface area contributed by atoms with Gasteiger partial charge in [0.05, 0.1) is 4.90 Å². The summed E-state index contributed by atoms with van der Waals surface area (Å²) >= 11 is 3.14. The third-order valence-electron chi connectivity index (χ3n) is 3.71. The van der Waals surface area contributed by atoms with Crippen molar-refractivity contribution in [1.29, 1.82) is 0 Å². The van der Waals surface area contributed by atoms with E-state index in [0.717, 1.165) is 32.4 Å². The Morgan fingerprint density at radius 1 is 1.48 bits per heavy atom. The average molecular weight is 395 g/mol. The molecule has 0 aliphatic carbocycles. The van der Waals surface area contributed by atoms with E-state index in [1.807, 2.05) is 0 Å². The third kappa shape index (κ3) is 3.99. The zero-order chi connectivity index (χ0) is 15.6. The monoisotopic (exact) mass is 393 g/mol. The van der Waals surface area contributed by atoms with Gasteiger partial charge in [-0.15, -0.1) is 0 Å². The second-order valence-electron chi connectivity index (χ2n) is 5.28. The van der Waals surface area contributed by atoms with Crippen LogP contribution in [0.4, 0.5) is 0 Å². The highest BCUT2D eigenvalue weighted by atomic mass is 79.9. The molecule has 2 rings (SSSR count). The van der Waals surface area contributed by atoms with E-state index < -0.39 is 9.05 Å². The van der Waals surface area contributed by atoms with Crippen LogP contribution in [0.5, 0.6) is 0 Å². The summed E-state index contributed by atoms with van der Waals surface area (Å²) in [5.74, 6) is 0.410. The molecule has 0 saturated carbocycles. The summed E-state index contributed by atoms with van der Waals surface area (Å²) in [6.07, 6.45) is 3.24. The van der Waals surface area contributed by atoms with Crippen molar-refractivity contribution < 1.29 is 13.2 Å². The van der Waals surface area contributed by atoms with Crippen LogP contribution in [-0.2, 0) is 9.05 Å². The second-order valence-corrected chi connectivity index (χ2v) is 8.67. The molecule has 7 heteroatoms. The minimum atomic E-state index is -3.88. The number of amides is 1. The van der Waals surface area contributed by atoms with Gasteiger partial charge < -0.3 is 4.90 Å². The van der Waals surface area contributed by atoms with Gasteiger partial charge in [-0.25, -0.2) is 8.42 Å². The first-order chi connectivity index (χ1) is 9.82. The lowest BCUT2D eigenvalue weighted by Gasteiger charge is -2.17. The molecule has 0 aromatic heterocycles. The van der Waals surface area contributed by atoms with Crippen LogP contribution in [0.2, 0.25) is 0 Å². The van der Waals surface area contributed by atoms with Gasteiger partial charge in [-0.05, 0) is 52.9 Å². The van der Waals surface area contributed by atoms with Crippen molar-refractivity contribution in [3.63, 3.8) is 0 Å². The molecule has 1 unspecified atom stereocenters. The maximum Gasteiger partial charge on any atom is 0.262 e. The molecule has 0 N–H and O–H groups in total. The van der Waals surface area contributed by atoms with Crippen molar-refractivity contribution in [2.24, 2.45) is 5.92 Å². The number of hydrogen-bond donors (Lipinski definition) is 0. The predicted molar refractivity (Wildman–Crippen MR) is 86.1 cm³/mol. The zero-order valence-corrected chi connectivity index (χ0v) is 14.8. The number of benzene rings is 1. The number of hydrogen-bond acceptors (Lipinski definition) is 3. The normalized spacial score (nSPS) is 19.0. The van der Waals surface area contributed by atoms with Crippen molar-refractivity contribution >= 4 is 41.6 Å². The standard InChI is InChI=1S/C14H17BrClNO3S/c1-2-3-10-6-7-17(9-10)14(18)11-4-5-12(15)13(8-11)21(16,19)20/h4-5,8,10H,2-3,6-7,9H2,1H3. The maximum absolute atomic E-state index is 12.5. The Labute approximate surface area is 138 Å². The van der Waals surface area contributed by atoms with E-state index in [2.05, 4.69) is 22.9 Å². The smallest absolute Gasteiger partial charge is 0.262 e. The molecule has 1 atom stereocenters. The second kappa shape index (κ2) is 6.67. The highest BCUT2D eigenvalue weighted by Crippen LogP contribution is 2.28. The lowest BCUT2D eigenvalue weighted by atomic mass is 10.0. The first-order valence-corrected chi connectivity index (χ1v) is 9.96. The van der Waals surface area contributed by atoms with Crippen molar-refractivity contribution in [2.75, 3.05) is 13.1 Å². The van der Waals surface area contributed by atoms with Crippen molar-refractivity contribution in [3.05, 3.63) is 28.2 Å². The molecule has 1 amide bonds. The van der Waals surface area contributed by atoms with Crippen molar-refractivity contribution in [2.45, 2.75) is 31.1 Å². The van der Waals surface area contributed by atoms with Crippen LogP contribution in [0.1, 0.15) is 36.5 Å². The van der Waals surface area contributed by atoms with E-state index in [1.54, 1.807) is 17.0 Å². The minimum absolute atomic E-state index is 0.0701. The number of carbonyl (C=O) groups excluding carboxylic acids is 1. The number of nitrogens with zero attached hydrogens (tertiary/aromatic N) is 1. The van der Waals surface area contributed by atoms with Gasteiger partial charge in [-0.3, -0.25) is 4.79 Å². The van der Waals surface area contributed by atoms with Gasteiger partial charge in [0.15, 0.2) is 0 Å². The Hall–Kier alpha value is -0.590. The molecule has 1 aromatic carbocycles. The number of carbonyl (C=O) groups is 1. The summed E-state index contributed by atoms with van der Waals surface area (Å²) < 4.78 is 23.4. The topological polar surface area (TPSA) is 54.5 Å². The fourth-order valence-corrected chi connectivity index (χ4v) is 4.78. The molecule has 21 heavy (non-hydrogen) atoms. The largest absolute Gasteiger partial charge is 0.338 e. The number of rotatable bonds is 4.